The molecule has 1 aromatic heterocycles. The predicted octanol–water partition coefficient (Wildman–Crippen LogP) is 2.56. The van der Waals surface area contributed by atoms with Crippen LogP contribution in [0.2, 0.25) is 0 Å². The predicted molar refractivity (Wildman–Crippen MR) is 99.5 cm³/mol. The molecular weight excluding hydrogens is 363 g/mol. The van der Waals surface area contributed by atoms with Gasteiger partial charge in [-0.05, 0) is 29.8 Å². The van der Waals surface area contributed by atoms with E-state index in [2.05, 4.69) is 15.5 Å². The van der Waals surface area contributed by atoms with Gasteiger partial charge in [-0.25, -0.2) is 4.39 Å². The van der Waals surface area contributed by atoms with Crippen LogP contribution in [0.4, 0.5) is 10.4 Å². The summed E-state index contributed by atoms with van der Waals surface area (Å²) < 4.78 is 24.4. The Morgan fingerprint density at radius 1 is 1.04 bits per heavy atom. The maximum absolute atomic E-state index is 13.1. The summed E-state index contributed by atoms with van der Waals surface area (Å²) in [5, 5.41) is 11.2. The van der Waals surface area contributed by atoms with Crippen molar-refractivity contribution in [1.29, 1.82) is 0 Å². The Labute approximate surface area is 161 Å². The van der Waals surface area contributed by atoms with Crippen molar-refractivity contribution < 1.29 is 18.3 Å². The lowest BCUT2D eigenvalue weighted by Gasteiger charge is -2.24. The lowest BCUT2D eigenvalue weighted by Crippen LogP contribution is -2.36. The molecule has 2 aromatic carbocycles. The minimum absolute atomic E-state index is 0.281. The quantitative estimate of drug-likeness (QED) is 0.731. The Balaban J connectivity index is 1.60. The summed E-state index contributed by atoms with van der Waals surface area (Å²) in [6.45, 7) is 2.53. The van der Waals surface area contributed by atoms with Crippen LogP contribution in [0.1, 0.15) is 27.9 Å². The highest BCUT2D eigenvalue weighted by Crippen LogP contribution is 2.24. The molecule has 0 bridgehead atoms. The van der Waals surface area contributed by atoms with Gasteiger partial charge in [-0.1, -0.05) is 35.4 Å². The van der Waals surface area contributed by atoms with Crippen molar-refractivity contribution in [3.63, 3.8) is 0 Å². The Bertz CT molecular complexity index is 924. The summed E-state index contributed by atoms with van der Waals surface area (Å²) >= 11 is 0. The zero-order chi connectivity index (χ0) is 19.3. The SMILES string of the molecule is O=C(NC(c1ccccc1)c1nnc(N2CCOCC2)o1)c1ccc(F)cc1. The van der Waals surface area contributed by atoms with Gasteiger partial charge in [0.2, 0.25) is 5.89 Å². The minimum Gasteiger partial charge on any atom is -0.405 e. The average molecular weight is 382 g/mol. The number of anilines is 1. The van der Waals surface area contributed by atoms with E-state index in [1.54, 1.807) is 0 Å². The van der Waals surface area contributed by atoms with Crippen LogP contribution in [-0.4, -0.2) is 42.4 Å². The summed E-state index contributed by atoms with van der Waals surface area (Å²) in [5.74, 6) is -0.480. The van der Waals surface area contributed by atoms with Crippen molar-refractivity contribution in [2.45, 2.75) is 6.04 Å². The molecule has 28 heavy (non-hydrogen) atoms. The van der Waals surface area contributed by atoms with Crippen LogP contribution in [0.15, 0.2) is 59.0 Å². The highest BCUT2D eigenvalue weighted by atomic mass is 19.1. The summed E-state index contributed by atoms with van der Waals surface area (Å²) in [4.78, 5) is 14.6. The van der Waals surface area contributed by atoms with Gasteiger partial charge >= 0.3 is 6.01 Å². The lowest BCUT2D eigenvalue weighted by molar-refractivity contribution is 0.0937. The minimum atomic E-state index is -0.624. The second kappa shape index (κ2) is 8.18. The number of hydrogen-bond acceptors (Lipinski definition) is 6. The topological polar surface area (TPSA) is 80.5 Å². The number of morpholine rings is 1. The highest BCUT2D eigenvalue weighted by Gasteiger charge is 2.25. The summed E-state index contributed by atoms with van der Waals surface area (Å²) in [6, 6.07) is 14.5. The van der Waals surface area contributed by atoms with Crippen LogP contribution in [0.3, 0.4) is 0 Å². The summed E-state index contributed by atoms with van der Waals surface area (Å²) in [5.41, 5.74) is 1.14. The normalized spacial score (nSPS) is 15.2. The smallest absolute Gasteiger partial charge is 0.318 e. The molecule has 1 saturated heterocycles. The van der Waals surface area contributed by atoms with Crippen molar-refractivity contribution in [2.75, 3.05) is 31.2 Å². The van der Waals surface area contributed by atoms with Crippen LogP contribution < -0.4 is 10.2 Å². The largest absolute Gasteiger partial charge is 0.405 e. The van der Waals surface area contributed by atoms with Gasteiger partial charge < -0.3 is 19.4 Å². The molecule has 0 radical (unpaired) electrons. The molecule has 144 valence electrons. The van der Waals surface area contributed by atoms with E-state index in [1.165, 1.54) is 24.3 Å². The number of nitrogens with zero attached hydrogens (tertiary/aromatic N) is 3. The van der Waals surface area contributed by atoms with Crippen molar-refractivity contribution in [3.8, 4) is 0 Å². The fourth-order valence-corrected chi connectivity index (χ4v) is 2.97. The molecule has 1 atom stereocenters. The van der Waals surface area contributed by atoms with E-state index in [0.717, 1.165) is 5.56 Å². The molecule has 0 spiro atoms. The fourth-order valence-electron chi connectivity index (χ4n) is 2.97. The van der Waals surface area contributed by atoms with Crippen molar-refractivity contribution in [2.24, 2.45) is 0 Å². The van der Waals surface area contributed by atoms with Gasteiger partial charge in [0.15, 0.2) is 0 Å². The number of halogens is 1. The fraction of sp³-hybridized carbons (Fsp3) is 0.250. The number of carbonyl (C=O) groups is 1. The maximum Gasteiger partial charge on any atom is 0.318 e. The first-order valence-corrected chi connectivity index (χ1v) is 8.98. The van der Waals surface area contributed by atoms with E-state index in [4.69, 9.17) is 9.15 Å². The Kier molecular flexibility index (Phi) is 5.29. The van der Waals surface area contributed by atoms with E-state index in [-0.39, 0.29) is 11.8 Å². The van der Waals surface area contributed by atoms with Gasteiger partial charge in [0, 0.05) is 18.7 Å². The van der Waals surface area contributed by atoms with Crippen LogP contribution in [0.5, 0.6) is 0 Å². The molecule has 3 aromatic rings. The van der Waals surface area contributed by atoms with E-state index < -0.39 is 11.9 Å². The molecule has 1 fully saturated rings. The number of aromatic nitrogens is 2. The van der Waals surface area contributed by atoms with Gasteiger partial charge in [-0.15, -0.1) is 5.10 Å². The first kappa shape index (κ1) is 18.1. The molecule has 0 aliphatic carbocycles. The van der Waals surface area contributed by atoms with Crippen LogP contribution in [0, 0.1) is 5.82 Å². The van der Waals surface area contributed by atoms with Crippen molar-refractivity contribution >= 4 is 11.9 Å². The van der Waals surface area contributed by atoms with Crippen LogP contribution in [-0.2, 0) is 4.74 Å². The zero-order valence-corrected chi connectivity index (χ0v) is 15.0. The lowest BCUT2D eigenvalue weighted by atomic mass is 10.1. The maximum atomic E-state index is 13.1. The number of hydrogen-bond donors (Lipinski definition) is 1. The third kappa shape index (κ3) is 4.01. The van der Waals surface area contributed by atoms with Crippen molar-refractivity contribution in [3.05, 3.63) is 77.4 Å². The molecule has 0 saturated carbocycles. The number of rotatable bonds is 5. The van der Waals surface area contributed by atoms with Crippen molar-refractivity contribution in [1.82, 2.24) is 15.5 Å². The number of carbonyl (C=O) groups excluding carboxylic acids is 1. The first-order chi connectivity index (χ1) is 13.7. The number of ether oxygens (including phenoxy) is 1. The van der Waals surface area contributed by atoms with Gasteiger partial charge in [-0.3, -0.25) is 4.79 Å². The molecule has 8 heteroatoms. The second-order valence-electron chi connectivity index (χ2n) is 6.35. The van der Waals surface area contributed by atoms with Gasteiger partial charge in [-0.2, -0.15) is 0 Å². The Morgan fingerprint density at radius 2 is 1.75 bits per heavy atom. The number of nitrogens with one attached hydrogen (secondary N) is 1. The van der Waals surface area contributed by atoms with E-state index in [1.807, 2.05) is 35.2 Å². The highest BCUT2D eigenvalue weighted by molar-refractivity contribution is 5.94. The van der Waals surface area contributed by atoms with Gasteiger partial charge in [0.05, 0.1) is 13.2 Å². The molecule has 1 unspecified atom stereocenters. The Morgan fingerprint density at radius 3 is 2.46 bits per heavy atom. The van der Waals surface area contributed by atoms with Gasteiger partial charge in [0.25, 0.3) is 5.91 Å². The zero-order valence-electron chi connectivity index (χ0n) is 15.0. The van der Waals surface area contributed by atoms with E-state index >= 15 is 0 Å². The monoisotopic (exact) mass is 382 g/mol. The third-order valence-electron chi connectivity index (χ3n) is 4.47. The molecule has 2 heterocycles. The summed E-state index contributed by atoms with van der Waals surface area (Å²) in [6.07, 6.45) is 0. The second-order valence-corrected chi connectivity index (χ2v) is 6.35. The van der Waals surface area contributed by atoms with Crippen LogP contribution in [0.25, 0.3) is 0 Å². The molecular formula is C20H19FN4O3. The van der Waals surface area contributed by atoms with E-state index in [0.29, 0.717) is 37.9 Å². The molecule has 4 rings (SSSR count). The molecule has 1 aliphatic heterocycles. The molecule has 1 amide bonds. The summed E-state index contributed by atoms with van der Waals surface area (Å²) in [7, 11) is 0. The first-order valence-electron chi connectivity index (χ1n) is 8.98. The molecule has 1 aliphatic rings. The Hall–Kier alpha value is -3.26. The van der Waals surface area contributed by atoms with E-state index in [9.17, 15) is 9.18 Å². The van der Waals surface area contributed by atoms with Crippen LogP contribution >= 0.6 is 0 Å². The van der Waals surface area contributed by atoms with Gasteiger partial charge in [0.1, 0.15) is 11.9 Å². The number of amides is 1. The number of benzene rings is 2. The standard InChI is InChI=1S/C20H19FN4O3/c21-16-8-6-15(7-9-16)18(26)22-17(14-4-2-1-3-5-14)19-23-24-20(28-19)25-10-12-27-13-11-25/h1-9,17H,10-13H2,(H,22,26). The average Bonchev–Trinajstić information content (AvgIpc) is 3.23. The molecule has 1 N–H and O–H groups in total. The third-order valence-corrected chi connectivity index (χ3v) is 4.47. The molecule has 7 nitrogen and oxygen atoms in total.